The predicted octanol–water partition coefficient (Wildman–Crippen LogP) is 3.10. The standard InChI is InChI=1S/C25H29N3O5/c1-27(22(29)16-28-23(30)25(26-24(28)31)12-6-7-13-25)15-19-10-11-20(21(14-19)32-2)33-17-18-8-4-3-5-9-18/h3-5,8-11,14H,6-7,12-13,15-17H2,1-2H3,(H,26,31). The Labute approximate surface area is 193 Å². The van der Waals surface area contributed by atoms with Crippen LogP contribution in [0.15, 0.2) is 48.5 Å². The second-order valence-corrected chi connectivity index (χ2v) is 8.62. The number of rotatable bonds is 8. The van der Waals surface area contributed by atoms with Crippen LogP contribution >= 0.6 is 0 Å². The first-order valence-electron chi connectivity index (χ1n) is 11.1. The van der Waals surface area contributed by atoms with Crippen molar-refractivity contribution in [3.63, 3.8) is 0 Å². The molecule has 0 unspecified atom stereocenters. The molecule has 1 N–H and O–H groups in total. The minimum Gasteiger partial charge on any atom is -0.493 e. The van der Waals surface area contributed by atoms with E-state index in [-0.39, 0.29) is 18.4 Å². The van der Waals surface area contributed by atoms with E-state index in [1.807, 2.05) is 48.5 Å². The van der Waals surface area contributed by atoms with Gasteiger partial charge in [0.25, 0.3) is 5.91 Å². The summed E-state index contributed by atoms with van der Waals surface area (Å²) >= 11 is 0. The molecule has 8 heteroatoms. The average Bonchev–Trinajstić information content (AvgIpc) is 3.39. The fourth-order valence-electron chi connectivity index (χ4n) is 4.42. The highest BCUT2D eigenvalue weighted by atomic mass is 16.5. The van der Waals surface area contributed by atoms with E-state index < -0.39 is 11.6 Å². The largest absolute Gasteiger partial charge is 0.493 e. The molecule has 0 bridgehead atoms. The van der Waals surface area contributed by atoms with Gasteiger partial charge in [-0.1, -0.05) is 49.2 Å². The number of nitrogens with zero attached hydrogens (tertiary/aromatic N) is 2. The van der Waals surface area contributed by atoms with E-state index in [1.54, 1.807) is 14.2 Å². The van der Waals surface area contributed by atoms with Gasteiger partial charge < -0.3 is 19.7 Å². The van der Waals surface area contributed by atoms with Crippen LogP contribution in [-0.4, -0.2) is 53.9 Å². The molecule has 8 nitrogen and oxygen atoms in total. The fraction of sp³-hybridized carbons (Fsp3) is 0.400. The zero-order valence-electron chi connectivity index (χ0n) is 19.0. The van der Waals surface area contributed by atoms with Crippen molar-refractivity contribution >= 4 is 17.8 Å². The number of hydrogen-bond acceptors (Lipinski definition) is 5. The number of hydrogen-bond donors (Lipinski definition) is 1. The Bertz CT molecular complexity index is 1030. The van der Waals surface area contributed by atoms with Gasteiger partial charge in [-0.15, -0.1) is 0 Å². The van der Waals surface area contributed by atoms with Crippen LogP contribution in [0.1, 0.15) is 36.8 Å². The molecule has 1 aliphatic heterocycles. The molecule has 1 aliphatic carbocycles. The van der Waals surface area contributed by atoms with Crippen LogP contribution in [0, 0.1) is 0 Å². The third kappa shape index (κ3) is 4.79. The number of carbonyl (C=O) groups is 3. The van der Waals surface area contributed by atoms with Crippen molar-refractivity contribution in [2.24, 2.45) is 0 Å². The highest BCUT2D eigenvalue weighted by Gasteiger charge is 2.52. The minimum atomic E-state index is -0.807. The summed E-state index contributed by atoms with van der Waals surface area (Å²) in [7, 11) is 3.22. The molecule has 4 rings (SSSR count). The van der Waals surface area contributed by atoms with Gasteiger partial charge in [-0.25, -0.2) is 4.79 Å². The molecule has 0 radical (unpaired) electrons. The van der Waals surface area contributed by atoms with Gasteiger partial charge >= 0.3 is 6.03 Å². The molecular formula is C25H29N3O5. The number of imide groups is 1. The Morgan fingerprint density at radius 2 is 1.79 bits per heavy atom. The average molecular weight is 452 g/mol. The topological polar surface area (TPSA) is 88.2 Å². The molecule has 1 spiro atoms. The number of nitrogens with one attached hydrogen (secondary N) is 1. The first kappa shape index (κ1) is 22.6. The SMILES string of the molecule is COc1cc(CN(C)C(=O)CN2C(=O)NC3(CCCC3)C2=O)ccc1OCc1ccccc1. The number of methoxy groups -OCH3 is 1. The molecule has 33 heavy (non-hydrogen) atoms. The molecule has 1 heterocycles. The maximum Gasteiger partial charge on any atom is 0.325 e. The third-order valence-electron chi connectivity index (χ3n) is 6.31. The van der Waals surface area contributed by atoms with Crippen LogP contribution in [0.4, 0.5) is 4.79 Å². The van der Waals surface area contributed by atoms with E-state index in [0.29, 0.717) is 37.5 Å². The van der Waals surface area contributed by atoms with Gasteiger partial charge in [-0.3, -0.25) is 14.5 Å². The van der Waals surface area contributed by atoms with Crippen molar-refractivity contribution in [3.8, 4) is 11.5 Å². The van der Waals surface area contributed by atoms with Crippen molar-refractivity contribution in [2.45, 2.75) is 44.4 Å². The van der Waals surface area contributed by atoms with E-state index in [9.17, 15) is 14.4 Å². The number of amides is 4. The lowest BCUT2D eigenvalue weighted by atomic mass is 9.98. The summed E-state index contributed by atoms with van der Waals surface area (Å²) in [4.78, 5) is 40.4. The van der Waals surface area contributed by atoms with Gasteiger partial charge in [0.1, 0.15) is 18.7 Å². The summed E-state index contributed by atoms with van der Waals surface area (Å²) in [6.45, 7) is 0.462. The summed E-state index contributed by atoms with van der Waals surface area (Å²) < 4.78 is 11.4. The Kier molecular flexibility index (Phi) is 6.53. The zero-order chi connectivity index (χ0) is 23.4. The quantitative estimate of drug-likeness (QED) is 0.623. The van der Waals surface area contributed by atoms with E-state index in [2.05, 4.69) is 5.32 Å². The first-order chi connectivity index (χ1) is 15.9. The second kappa shape index (κ2) is 9.52. The van der Waals surface area contributed by atoms with Crippen molar-refractivity contribution in [1.29, 1.82) is 0 Å². The minimum absolute atomic E-state index is 0.266. The van der Waals surface area contributed by atoms with E-state index >= 15 is 0 Å². The lowest BCUT2D eigenvalue weighted by Gasteiger charge is -2.22. The van der Waals surface area contributed by atoms with Crippen LogP contribution in [0.25, 0.3) is 0 Å². The number of ether oxygens (including phenoxy) is 2. The molecule has 2 aliphatic rings. The van der Waals surface area contributed by atoms with Crippen LogP contribution < -0.4 is 14.8 Å². The highest BCUT2D eigenvalue weighted by Crippen LogP contribution is 2.35. The molecule has 2 aromatic rings. The normalized spacial score (nSPS) is 16.7. The van der Waals surface area contributed by atoms with E-state index in [4.69, 9.17) is 9.47 Å². The van der Waals surface area contributed by atoms with E-state index in [0.717, 1.165) is 28.9 Å². The summed E-state index contributed by atoms with van der Waals surface area (Å²) in [6.07, 6.45) is 3.08. The highest BCUT2D eigenvalue weighted by molar-refractivity contribution is 6.09. The van der Waals surface area contributed by atoms with Gasteiger partial charge in [-0.05, 0) is 36.1 Å². The fourth-order valence-corrected chi connectivity index (χ4v) is 4.42. The number of likely N-dealkylation sites (N-methyl/N-ethyl adjacent to an activating group) is 1. The van der Waals surface area contributed by atoms with E-state index in [1.165, 1.54) is 4.90 Å². The third-order valence-corrected chi connectivity index (χ3v) is 6.31. The van der Waals surface area contributed by atoms with Crippen molar-refractivity contribution in [1.82, 2.24) is 15.1 Å². The molecule has 1 saturated heterocycles. The van der Waals surface area contributed by atoms with Crippen LogP contribution in [0.5, 0.6) is 11.5 Å². The number of benzene rings is 2. The van der Waals surface area contributed by atoms with Gasteiger partial charge in [0.2, 0.25) is 5.91 Å². The molecular weight excluding hydrogens is 422 g/mol. The maximum atomic E-state index is 12.8. The Morgan fingerprint density at radius 1 is 1.06 bits per heavy atom. The number of urea groups is 1. The predicted molar refractivity (Wildman–Crippen MR) is 122 cm³/mol. The summed E-state index contributed by atoms with van der Waals surface area (Å²) in [6, 6.07) is 14.9. The molecule has 1 saturated carbocycles. The Hall–Kier alpha value is -3.55. The van der Waals surface area contributed by atoms with Gasteiger partial charge in [0, 0.05) is 13.6 Å². The van der Waals surface area contributed by atoms with Gasteiger partial charge in [0.15, 0.2) is 11.5 Å². The summed E-state index contributed by atoms with van der Waals surface area (Å²) in [5, 5.41) is 2.80. The number of carbonyl (C=O) groups excluding carboxylic acids is 3. The van der Waals surface area contributed by atoms with Crippen LogP contribution in [0.3, 0.4) is 0 Å². The van der Waals surface area contributed by atoms with Gasteiger partial charge in [0.05, 0.1) is 7.11 Å². The molecule has 0 atom stereocenters. The maximum absolute atomic E-state index is 12.8. The zero-order valence-corrected chi connectivity index (χ0v) is 19.0. The molecule has 174 valence electrons. The lowest BCUT2D eigenvalue weighted by molar-refractivity contribution is -0.138. The van der Waals surface area contributed by atoms with Crippen LogP contribution in [-0.2, 0) is 22.7 Å². The van der Waals surface area contributed by atoms with Gasteiger partial charge in [-0.2, -0.15) is 0 Å². The lowest BCUT2D eigenvalue weighted by Crippen LogP contribution is -2.45. The van der Waals surface area contributed by atoms with Crippen molar-refractivity contribution in [2.75, 3.05) is 20.7 Å². The molecule has 2 aromatic carbocycles. The van der Waals surface area contributed by atoms with Crippen LogP contribution in [0.2, 0.25) is 0 Å². The Balaban J connectivity index is 1.36. The monoisotopic (exact) mass is 451 g/mol. The second-order valence-electron chi connectivity index (χ2n) is 8.62. The first-order valence-corrected chi connectivity index (χ1v) is 11.1. The molecule has 4 amide bonds. The van der Waals surface area contributed by atoms with Crippen molar-refractivity contribution in [3.05, 3.63) is 59.7 Å². The Morgan fingerprint density at radius 3 is 2.48 bits per heavy atom. The van der Waals surface area contributed by atoms with Crippen molar-refractivity contribution < 1.29 is 23.9 Å². The molecule has 0 aromatic heterocycles. The summed E-state index contributed by atoms with van der Waals surface area (Å²) in [5.41, 5.74) is 1.09. The summed E-state index contributed by atoms with van der Waals surface area (Å²) in [5.74, 6) is 0.590. The molecule has 2 fully saturated rings. The smallest absolute Gasteiger partial charge is 0.325 e.